The minimum absolute atomic E-state index is 0.00296. The van der Waals surface area contributed by atoms with E-state index in [-0.39, 0.29) is 6.10 Å². The normalized spacial score (nSPS) is 18.8. The molecule has 0 N–H and O–H groups in total. The van der Waals surface area contributed by atoms with E-state index in [1.165, 1.54) is 5.56 Å². The number of benzene rings is 2. The number of hydrogen-bond donors (Lipinski definition) is 0. The zero-order valence-electron chi connectivity index (χ0n) is 14.3. The van der Waals surface area contributed by atoms with Gasteiger partial charge in [0.05, 0.1) is 19.0 Å². The first-order valence-electron chi connectivity index (χ1n) is 8.37. The van der Waals surface area contributed by atoms with E-state index in [1.54, 1.807) is 12.1 Å². The lowest BCUT2D eigenvalue weighted by Gasteiger charge is -2.33. The molecule has 0 amide bonds. The van der Waals surface area contributed by atoms with Crippen LogP contribution in [-0.2, 0) is 21.3 Å². The van der Waals surface area contributed by atoms with Crippen LogP contribution in [0.3, 0.4) is 0 Å². The summed E-state index contributed by atoms with van der Waals surface area (Å²) in [7, 11) is -3.50. The maximum absolute atomic E-state index is 11.2. The molecule has 25 heavy (non-hydrogen) atoms. The molecule has 6 heteroatoms. The first-order chi connectivity index (χ1) is 12.0. The van der Waals surface area contributed by atoms with Crippen LogP contribution < -0.4 is 4.18 Å². The summed E-state index contributed by atoms with van der Waals surface area (Å²) in [5, 5.41) is 0. The molecule has 0 unspecified atom stereocenters. The summed E-state index contributed by atoms with van der Waals surface area (Å²) in [6.45, 7) is 3.46. The van der Waals surface area contributed by atoms with Gasteiger partial charge in [-0.2, -0.15) is 8.42 Å². The fraction of sp³-hybridized carbons (Fsp3) is 0.368. The van der Waals surface area contributed by atoms with Crippen molar-refractivity contribution in [2.75, 3.05) is 32.5 Å². The van der Waals surface area contributed by atoms with Crippen LogP contribution >= 0.6 is 0 Å². The van der Waals surface area contributed by atoms with Crippen LogP contribution in [0.25, 0.3) is 0 Å². The van der Waals surface area contributed by atoms with Gasteiger partial charge in [0.1, 0.15) is 5.75 Å². The zero-order chi connectivity index (χ0) is 17.7. The summed E-state index contributed by atoms with van der Waals surface area (Å²) in [5.74, 6) is 0.322. The van der Waals surface area contributed by atoms with Gasteiger partial charge in [-0.1, -0.05) is 42.5 Å². The lowest BCUT2D eigenvalue weighted by atomic mass is 10.1. The molecule has 1 fully saturated rings. The van der Waals surface area contributed by atoms with Gasteiger partial charge in [0, 0.05) is 19.6 Å². The lowest BCUT2D eigenvalue weighted by molar-refractivity contribution is -0.0295. The predicted molar refractivity (Wildman–Crippen MR) is 97.2 cm³/mol. The number of rotatable bonds is 6. The Kier molecular flexibility index (Phi) is 5.73. The summed E-state index contributed by atoms with van der Waals surface area (Å²) in [5.41, 5.74) is 2.37. The SMILES string of the molecule is CS(=O)(=O)Oc1ccc([C@H]2CN(CCc3ccccc3)CCO2)cc1. The monoisotopic (exact) mass is 361 g/mol. The first-order valence-corrected chi connectivity index (χ1v) is 10.2. The fourth-order valence-electron chi connectivity index (χ4n) is 2.95. The molecule has 0 aromatic heterocycles. The maximum Gasteiger partial charge on any atom is 0.306 e. The molecule has 0 spiro atoms. The molecular weight excluding hydrogens is 338 g/mol. The molecule has 134 valence electrons. The fourth-order valence-corrected chi connectivity index (χ4v) is 3.41. The largest absolute Gasteiger partial charge is 0.383 e. The van der Waals surface area contributed by atoms with Crippen molar-refractivity contribution in [1.29, 1.82) is 0 Å². The third-order valence-corrected chi connectivity index (χ3v) is 4.70. The molecule has 2 aromatic rings. The van der Waals surface area contributed by atoms with Crippen LogP contribution in [0.4, 0.5) is 0 Å². The standard InChI is InChI=1S/C19H23NO4S/c1-25(21,22)24-18-9-7-17(8-10-18)19-15-20(13-14-23-19)12-11-16-5-3-2-4-6-16/h2-10,19H,11-15H2,1H3/t19-/m1/s1. The van der Waals surface area contributed by atoms with Crippen molar-refractivity contribution >= 4 is 10.1 Å². The van der Waals surface area contributed by atoms with Gasteiger partial charge in [-0.25, -0.2) is 0 Å². The second-order valence-corrected chi connectivity index (χ2v) is 7.83. The molecule has 3 rings (SSSR count). The molecule has 1 aliphatic heterocycles. The highest BCUT2D eigenvalue weighted by atomic mass is 32.2. The van der Waals surface area contributed by atoms with Gasteiger partial charge >= 0.3 is 10.1 Å². The molecule has 0 saturated carbocycles. The molecule has 1 aliphatic rings. The van der Waals surface area contributed by atoms with Crippen molar-refractivity contribution in [2.24, 2.45) is 0 Å². The first kappa shape index (κ1) is 17.9. The summed E-state index contributed by atoms with van der Waals surface area (Å²) >= 11 is 0. The summed E-state index contributed by atoms with van der Waals surface area (Å²) in [4.78, 5) is 2.40. The van der Waals surface area contributed by atoms with Gasteiger partial charge in [-0.3, -0.25) is 4.90 Å². The molecule has 5 nitrogen and oxygen atoms in total. The van der Waals surface area contributed by atoms with Crippen LogP contribution in [0.2, 0.25) is 0 Å². The Morgan fingerprint density at radius 2 is 1.84 bits per heavy atom. The van der Waals surface area contributed by atoms with E-state index in [0.717, 1.165) is 37.9 Å². The van der Waals surface area contributed by atoms with Gasteiger partial charge in [0.15, 0.2) is 0 Å². The highest BCUT2D eigenvalue weighted by Crippen LogP contribution is 2.25. The predicted octanol–water partition coefficient (Wildman–Crippen LogP) is 2.64. The topological polar surface area (TPSA) is 55.8 Å². The van der Waals surface area contributed by atoms with E-state index >= 15 is 0 Å². The Hall–Kier alpha value is -1.89. The van der Waals surface area contributed by atoms with Crippen LogP contribution in [0, 0.1) is 0 Å². The Labute approximate surface area is 149 Å². The lowest BCUT2D eigenvalue weighted by Crippen LogP contribution is -2.39. The molecule has 1 heterocycles. The second-order valence-electron chi connectivity index (χ2n) is 6.25. The van der Waals surface area contributed by atoms with Crippen molar-refractivity contribution < 1.29 is 17.3 Å². The molecule has 0 radical (unpaired) electrons. The average molecular weight is 361 g/mol. The average Bonchev–Trinajstić information content (AvgIpc) is 2.60. The second kappa shape index (κ2) is 7.99. The summed E-state index contributed by atoms with van der Waals surface area (Å²) in [6.07, 6.45) is 2.06. The quantitative estimate of drug-likeness (QED) is 0.741. The highest BCUT2D eigenvalue weighted by Gasteiger charge is 2.21. The molecule has 2 aromatic carbocycles. The van der Waals surface area contributed by atoms with Gasteiger partial charge < -0.3 is 8.92 Å². The Morgan fingerprint density at radius 1 is 1.12 bits per heavy atom. The van der Waals surface area contributed by atoms with Crippen LogP contribution in [0.5, 0.6) is 5.75 Å². The van der Waals surface area contributed by atoms with Gasteiger partial charge in [0.2, 0.25) is 0 Å². The maximum atomic E-state index is 11.2. The van der Waals surface area contributed by atoms with Crippen LogP contribution in [-0.4, -0.2) is 45.8 Å². The highest BCUT2D eigenvalue weighted by molar-refractivity contribution is 7.86. The number of morpholine rings is 1. The van der Waals surface area contributed by atoms with E-state index in [0.29, 0.717) is 12.4 Å². The van der Waals surface area contributed by atoms with Crippen molar-refractivity contribution in [2.45, 2.75) is 12.5 Å². The van der Waals surface area contributed by atoms with Crippen LogP contribution in [0.1, 0.15) is 17.2 Å². The van der Waals surface area contributed by atoms with E-state index in [1.807, 2.05) is 18.2 Å². The molecule has 0 bridgehead atoms. The Morgan fingerprint density at radius 3 is 2.52 bits per heavy atom. The molecule has 0 aliphatic carbocycles. The Balaban J connectivity index is 1.57. The number of hydrogen-bond acceptors (Lipinski definition) is 5. The van der Waals surface area contributed by atoms with E-state index < -0.39 is 10.1 Å². The van der Waals surface area contributed by atoms with E-state index in [9.17, 15) is 8.42 Å². The van der Waals surface area contributed by atoms with Gasteiger partial charge in [-0.05, 0) is 29.7 Å². The zero-order valence-corrected chi connectivity index (χ0v) is 15.1. The summed E-state index contributed by atoms with van der Waals surface area (Å²) < 4.78 is 33.1. The smallest absolute Gasteiger partial charge is 0.306 e. The van der Waals surface area contributed by atoms with Crippen molar-refractivity contribution in [3.05, 3.63) is 65.7 Å². The minimum atomic E-state index is -3.50. The number of nitrogens with zero attached hydrogens (tertiary/aromatic N) is 1. The summed E-state index contributed by atoms with van der Waals surface area (Å²) in [6, 6.07) is 17.5. The van der Waals surface area contributed by atoms with Crippen molar-refractivity contribution in [3.8, 4) is 5.75 Å². The minimum Gasteiger partial charge on any atom is -0.383 e. The third-order valence-electron chi connectivity index (χ3n) is 4.21. The van der Waals surface area contributed by atoms with Crippen molar-refractivity contribution in [3.63, 3.8) is 0 Å². The molecular formula is C19H23NO4S. The van der Waals surface area contributed by atoms with Gasteiger partial charge in [-0.15, -0.1) is 0 Å². The van der Waals surface area contributed by atoms with Gasteiger partial charge in [0.25, 0.3) is 0 Å². The number of ether oxygens (including phenoxy) is 1. The third kappa shape index (κ3) is 5.56. The van der Waals surface area contributed by atoms with Crippen molar-refractivity contribution in [1.82, 2.24) is 4.90 Å². The Bertz CT molecular complexity index is 775. The van der Waals surface area contributed by atoms with E-state index in [4.69, 9.17) is 8.92 Å². The molecule has 1 saturated heterocycles. The molecule has 1 atom stereocenters. The van der Waals surface area contributed by atoms with E-state index in [2.05, 4.69) is 29.2 Å². The van der Waals surface area contributed by atoms with Crippen LogP contribution in [0.15, 0.2) is 54.6 Å².